The maximum atomic E-state index is 10.6. The number of Topliss-reactive ketones (excluding diaryl/α,β-unsaturated/α-hetero) is 1. The Morgan fingerprint density at radius 3 is 2.56 bits per heavy atom. The number of carbonyl (C=O) groups excluding carboxylic acids is 1. The van der Waals surface area contributed by atoms with E-state index in [0.29, 0.717) is 6.54 Å². The minimum atomic E-state index is 0.202. The number of hydrogen-bond donors (Lipinski definition) is 1. The van der Waals surface area contributed by atoms with Crippen LogP contribution >= 0.6 is 0 Å². The van der Waals surface area contributed by atoms with E-state index in [9.17, 15) is 4.79 Å². The number of rotatable bonds is 4. The van der Waals surface area contributed by atoms with Gasteiger partial charge in [0.1, 0.15) is 5.78 Å². The summed E-state index contributed by atoms with van der Waals surface area (Å²) >= 11 is 0. The van der Waals surface area contributed by atoms with Crippen molar-refractivity contribution < 1.29 is 4.79 Å². The normalized spacial score (nSPS) is 13.2. The van der Waals surface area contributed by atoms with Crippen molar-refractivity contribution in [1.29, 1.82) is 0 Å². The fraction of sp³-hybridized carbons (Fsp3) is 0.857. The van der Waals surface area contributed by atoms with Gasteiger partial charge in [-0.1, -0.05) is 6.92 Å². The molecule has 2 N–H and O–H groups in total. The van der Waals surface area contributed by atoms with Gasteiger partial charge < -0.3 is 5.73 Å². The highest BCUT2D eigenvalue weighted by Crippen LogP contribution is 2.04. The summed E-state index contributed by atoms with van der Waals surface area (Å²) in [7, 11) is 0. The minimum Gasteiger partial charge on any atom is -0.330 e. The predicted molar refractivity (Wildman–Crippen MR) is 38.1 cm³/mol. The average Bonchev–Trinajstić information content (AvgIpc) is 1.82. The molecular weight excluding hydrogens is 114 g/mol. The summed E-state index contributed by atoms with van der Waals surface area (Å²) < 4.78 is 0. The zero-order chi connectivity index (χ0) is 7.28. The topological polar surface area (TPSA) is 43.1 Å². The number of hydrogen-bond acceptors (Lipinski definition) is 2. The molecule has 0 aromatic rings. The van der Waals surface area contributed by atoms with Crippen LogP contribution in [0.15, 0.2) is 0 Å². The predicted octanol–water partition coefficient (Wildman–Crippen LogP) is 0.950. The van der Waals surface area contributed by atoms with Crippen LogP contribution in [0.5, 0.6) is 0 Å². The SMILES string of the molecule is CC(=O)C(C)CCCN. The van der Waals surface area contributed by atoms with Gasteiger partial charge >= 0.3 is 0 Å². The first-order valence-corrected chi connectivity index (χ1v) is 3.39. The molecule has 0 saturated heterocycles. The van der Waals surface area contributed by atoms with Crippen LogP contribution in [0.25, 0.3) is 0 Å². The van der Waals surface area contributed by atoms with Gasteiger partial charge in [-0.05, 0) is 26.3 Å². The smallest absolute Gasteiger partial charge is 0.132 e. The molecule has 0 spiro atoms. The molecule has 0 aliphatic heterocycles. The van der Waals surface area contributed by atoms with E-state index in [0.717, 1.165) is 12.8 Å². The van der Waals surface area contributed by atoms with Gasteiger partial charge in [0.15, 0.2) is 0 Å². The lowest BCUT2D eigenvalue weighted by molar-refractivity contribution is -0.120. The van der Waals surface area contributed by atoms with Gasteiger partial charge in [0.25, 0.3) is 0 Å². The van der Waals surface area contributed by atoms with E-state index in [1.165, 1.54) is 0 Å². The molecule has 0 aromatic heterocycles. The third-order valence-corrected chi connectivity index (χ3v) is 1.54. The highest BCUT2D eigenvalue weighted by atomic mass is 16.1. The molecule has 2 nitrogen and oxygen atoms in total. The third kappa shape index (κ3) is 4.15. The maximum absolute atomic E-state index is 10.6. The second-order valence-corrected chi connectivity index (χ2v) is 2.44. The van der Waals surface area contributed by atoms with Crippen molar-refractivity contribution in [3.8, 4) is 0 Å². The van der Waals surface area contributed by atoms with Crippen molar-refractivity contribution in [2.24, 2.45) is 11.7 Å². The molecule has 1 atom stereocenters. The van der Waals surface area contributed by atoms with Crippen molar-refractivity contribution in [1.82, 2.24) is 0 Å². The van der Waals surface area contributed by atoms with Crippen LogP contribution in [0.1, 0.15) is 26.7 Å². The van der Waals surface area contributed by atoms with Gasteiger partial charge in [0.05, 0.1) is 0 Å². The van der Waals surface area contributed by atoms with E-state index in [-0.39, 0.29) is 11.7 Å². The average molecular weight is 129 g/mol. The molecule has 0 heterocycles. The largest absolute Gasteiger partial charge is 0.330 e. The third-order valence-electron chi connectivity index (χ3n) is 1.54. The van der Waals surface area contributed by atoms with E-state index >= 15 is 0 Å². The quantitative estimate of drug-likeness (QED) is 0.614. The van der Waals surface area contributed by atoms with Gasteiger partial charge in [-0.2, -0.15) is 0 Å². The Hall–Kier alpha value is -0.370. The lowest BCUT2D eigenvalue weighted by atomic mass is 10.0. The first kappa shape index (κ1) is 8.63. The molecule has 0 radical (unpaired) electrons. The Morgan fingerprint density at radius 1 is 1.67 bits per heavy atom. The van der Waals surface area contributed by atoms with Crippen LogP contribution in [0.3, 0.4) is 0 Å². The molecule has 1 unspecified atom stereocenters. The number of ketones is 1. The molecule has 0 fully saturated rings. The molecule has 54 valence electrons. The van der Waals surface area contributed by atoms with Crippen LogP contribution in [0, 0.1) is 5.92 Å². The highest BCUT2D eigenvalue weighted by Gasteiger charge is 2.04. The molecular formula is C7H15NO. The minimum absolute atomic E-state index is 0.202. The summed E-state index contributed by atoms with van der Waals surface area (Å²) in [5.41, 5.74) is 5.27. The molecule has 9 heavy (non-hydrogen) atoms. The maximum Gasteiger partial charge on any atom is 0.132 e. The fourth-order valence-electron chi connectivity index (χ4n) is 0.627. The molecule has 0 aliphatic rings. The van der Waals surface area contributed by atoms with Crippen molar-refractivity contribution in [2.45, 2.75) is 26.7 Å². The zero-order valence-electron chi connectivity index (χ0n) is 6.18. The van der Waals surface area contributed by atoms with Gasteiger partial charge in [0, 0.05) is 5.92 Å². The Kier molecular flexibility index (Phi) is 4.32. The van der Waals surface area contributed by atoms with E-state index < -0.39 is 0 Å². The monoisotopic (exact) mass is 129 g/mol. The molecule has 0 amide bonds. The zero-order valence-corrected chi connectivity index (χ0v) is 6.18. The van der Waals surface area contributed by atoms with Gasteiger partial charge in [0.2, 0.25) is 0 Å². The van der Waals surface area contributed by atoms with Gasteiger partial charge in [-0.3, -0.25) is 4.79 Å². The summed E-state index contributed by atoms with van der Waals surface area (Å²) in [5.74, 6) is 0.469. The second kappa shape index (κ2) is 4.50. The summed E-state index contributed by atoms with van der Waals surface area (Å²) in [6.07, 6.45) is 1.90. The molecule has 2 heteroatoms. The molecule has 0 bridgehead atoms. The molecule has 0 aliphatic carbocycles. The summed E-state index contributed by atoms with van der Waals surface area (Å²) in [4.78, 5) is 10.6. The van der Waals surface area contributed by atoms with Gasteiger partial charge in [-0.25, -0.2) is 0 Å². The van der Waals surface area contributed by atoms with Crippen LogP contribution < -0.4 is 5.73 Å². The van der Waals surface area contributed by atoms with E-state index in [1.54, 1.807) is 6.92 Å². The summed E-state index contributed by atoms with van der Waals surface area (Å²) in [6.45, 7) is 4.26. The Balaban J connectivity index is 3.27. The lowest BCUT2D eigenvalue weighted by Crippen LogP contribution is -2.08. The fourth-order valence-corrected chi connectivity index (χ4v) is 0.627. The van der Waals surface area contributed by atoms with E-state index in [1.807, 2.05) is 6.92 Å². The van der Waals surface area contributed by atoms with E-state index in [4.69, 9.17) is 5.73 Å². The summed E-state index contributed by atoms with van der Waals surface area (Å²) in [6, 6.07) is 0. The Morgan fingerprint density at radius 2 is 2.22 bits per heavy atom. The standard InChI is InChI=1S/C7H15NO/c1-6(7(2)9)4-3-5-8/h6H,3-5,8H2,1-2H3. The highest BCUT2D eigenvalue weighted by molar-refractivity contribution is 5.77. The van der Waals surface area contributed by atoms with Crippen LogP contribution in [0.4, 0.5) is 0 Å². The first-order valence-electron chi connectivity index (χ1n) is 3.39. The van der Waals surface area contributed by atoms with E-state index in [2.05, 4.69) is 0 Å². The van der Waals surface area contributed by atoms with Crippen molar-refractivity contribution >= 4 is 5.78 Å². The first-order chi connectivity index (χ1) is 4.18. The summed E-state index contributed by atoms with van der Waals surface area (Å²) in [5, 5.41) is 0. The Bertz CT molecular complexity index is 90.9. The second-order valence-electron chi connectivity index (χ2n) is 2.44. The van der Waals surface area contributed by atoms with Crippen molar-refractivity contribution in [3.63, 3.8) is 0 Å². The lowest BCUT2D eigenvalue weighted by Gasteiger charge is -2.03. The number of carbonyl (C=O) groups is 1. The molecule has 0 aromatic carbocycles. The van der Waals surface area contributed by atoms with Crippen LogP contribution in [0.2, 0.25) is 0 Å². The van der Waals surface area contributed by atoms with Crippen LogP contribution in [-0.4, -0.2) is 12.3 Å². The molecule has 0 saturated carbocycles. The van der Waals surface area contributed by atoms with Gasteiger partial charge in [-0.15, -0.1) is 0 Å². The van der Waals surface area contributed by atoms with Crippen LogP contribution in [-0.2, 0) is 4.79 Å². The Labute approximate surface area is 56.4 Å². The van der Waals surface area contributed by atoms with Crippen molar-refractivity contribution in [2.75, 3.05) is 6.54 Å². The number of nitrogens with two attached hydrogens (primary N) is 1. The van der Waals surface area contributed by atoms with Crippen molar-refractivity contribution in [3.05, 3.63) is 0 Å². The molecule has 0 rings (SSSR count).